The van der Waals surface area contributed by atoms with Crippen LogP contribution in [0.1, 0.15) is 12.8 Å². The molecule has 1 N–H and O–H groups in total. The van der Waals surface area contributed by atoms with Gasteiger partial charge in [0, 0.05) is 0 Å². The third kappa shape index (κ3) is 1.59. The number of hydrogen-bond acceptors (Lipinski definition) is 2. The second-order valence-electron chi connectivity index (χ2n) is 1.31. The van der Waals surface area contributed by atoms with Crippen LogP contribution in [0.25, 0.3) is 0 Å². The maximum absolute atomic E-state index is 4.65. The number of hydroxylamine groups is 1. The van der Waals surface area contributed by atoms with Crippen LogP contribution in [-0.4, -0.2) is 0 Å². The third-order valence-electron chi connectivity index (χ3n) is 0.731. The summed E-state index contributed by atoms with van der Waals surface area (Å²) in [5.41, 5.74) is 2.51. The number of hydrogen-bond donors (Lipinski definition) is 1. The quantitative estimate of drug-likeness (QED) is 0.484. The highest BCUT2D eigenvalue weighted by Gasteiger charge is 1.88. The van der Waals surface area contributed by atoms with E-state index in [-0.39, 0.29) is 0 Å². The Balaban J connectivity index is 2.20. The highest BCUT2D eigenvalue weighted by atomic mass is 16.6. The Kier molecular flexibility index (Phi) is 1.75. The van der Waals surface area contributed by atoms with Gasteiger partial charge in [0.15, 0.2) is 0 Å². The summed E-state index contributed by atoms with van der Waals surface area (Å²) < 4.78 is 0. The third-order valence-corrected chi connectivity index (χ3v) is 0.731. The minimum Gasteiger partial charge on any atom is -0.416 e. The lowest BCUT2D eigenvalue weighted by Crippen LogP contribution is -2.03. The zero-order valence-corrected chi connectivity index (χ0v) is 3.98. The van der Waals surface area contributed by atoms with E-state index in [1.165, 1.54) is 0 Å². The molecule has 0 aromatic rings. The van der Waals surface area contributed by atoms with E-state index in [0.29, 0.717) is 0 Å². The first-order valence-corrected chi connectivity index (χ1v) is 2.28. The van der Waals surface area contributed by atoms with Crippen LogP contribution in [0, 0.1) is 6.54 Å². The Labute approximate surface area is 43.1 Å². The molecule has 0 saturated heterocycles. The maximum Gasteiger partial charge on any atom is 0.107 e. The molecular weight excluding hydrogens is 90.1 g/mol. The predicted octanol–water partition coefficient (Wildman–Crippen LogP) is 0.854. The van der Waals surface area contributed by atoms with Crippen LogP contribution in [0.5, 0.6) is 0 Å². The SMILES string of the molecule is [C]1CCC=CON1. The Morgan fingerprint density at radius 1 is 1.71 bits per heavy atom. The first-order valence-electron chi connectivity index (χ1n) is 2.28. The van der Waals surface area contributed by atoms with E-state index in [1.54, 1.807) is 6.26 Å². The molecule has 7 heavy (non-hydrogen) atoms. The van der Waals surface area contributed by atoms with Crippen molar-refractivity contribution in [3.05, 3.63) is 18.9 Å². The normalized spacial score (nSPS) is 20.6. The molecule has 1 aliphatic heterocycles. The van der Waals surface area contributed by atoms with E-state index in [4.69, 9.17) is 0 Å². The molecule has 1 rings (SSSR count). The molecule has 0 aromatic carbocycles. The van der Waals surface area contributed by atoms with Crippen LogP contribution in [0.2, 0.25) is 0 Å². The van der Waals surface area contributed by atoms with Crippen molar-refractivity contribution in [2.75, 3.05) is 0 Å². The molecule has 2 nitrogen and oxygen atoms in total. The number of nitrogens with one attached hydrogen (secondary N) is 1. The van der Waals surface area contributed by atoms with Gasteiger partial charge in [-0.15, -0.1) is 5.48 Å². The molecule has 0 aliphatic carbocycles. The van der Waals surface area contributed by atoms with Crippen molar-refractivity contribution < 1.29 is 4.84 Å². The van der Waals surface area contributed by atoms with Crippen molar-refractivity contribution in [1.29, 1.82) is 0 Å². The fourth-order valence-electron chi connectivity index (χ4n) is 0.398. The molecule has 1 heterocycles. The molecule has 2 heteroatoms. The zero-order valence-electron chi connectivity index (χ0n) is 3.98. The first kappa shape index (κ1) is 4.65. The summed E-state index contributed by atoms with van der Waals surface area (Å²) in [6, 6.07) is 0. The average Bonchev–Trinajstić information content (AvgIpc) is 1.90. The smallest absolute Gasteiger partial charge is 0.107 e. The Morgan fingerprint density at radius 2 is 2.71 bits per heavy atom. The molecule has 0 saturated carbocycles. The van der Waals surface area contributed by atoms with Gasteiger partial charge < -0.3 is 4.84 Å². The van der Waals surface area contributed by atoms with Crippen LogP contribution in [0.15, 0.2) is 12.3 Å². The van der Waals surface area contributed by atoms with Gasteiger partial charge in [0.05, 0.1) is 0 Å². The van der Waals surface area contributed by atoms with Crippen LogP contribution >= 0.6 is 0 Å². The lowest BCUT2D eigenvalue weighted by Gasteiger charge is -1.92. The van der Waals surface area contributed by atoms with Gasteiger partial charge in [-0.05, 0) is 18.9 Å². The van der Waals surface area contributed by atoms with E-state index in [0.717, 1.165) is 12.8 Å². The Hall–Kier alpha value is -0.500. The molecule has 0 spiro atoms. The highest BCUT2D eigenvalue weighted by molar-refractivity contribution is 4.78. The minimum atomic E-state index is 0.927. The van der Waals surface area contributed by atoms with Gasteiger partial charge in [0.25, 0.3) is 0 Å². The lowest BCUT2D eigenvalue weighted by atomic mass is 10.3. The van der Waals surface area contributed by atoms with Gasteiger partial charge in [-0.3, -0.25) is 0 Å². The van der Waals surface area contributed by atoms with Crippen molar-refractivity contribution in [1.82, 2.24) is 5.48 Å². The van der Waals surface area contributed by atoms with Crippen LogP contribution in [0.3, 0.4) is 0 Å². The van der Waals surface area contributed by atoms with E-state index in [9.17, 15) is 0 Å². The summed E-state index contributed by atoms with van der Waals surface area (Å²) in [7, 11) is 0. The molecule has 0 unspecified atom stereocenters. The molecule has 38 valence electrons. The molecule has 0 atom stereocenters. The lowest BCUT2D eigenvalue weighted by molar-refractivity contribution is 0.161. The average molecular weight is 97.1 g/mol. The standard InChI is InChI=1S/C5H7NO/c1-2-4-6-7-5-3-1/h3,5-6H,1-2H2. The summed E-state index contributed by atoms with van der Waals surface area (Å²) >= 11 is 0. The van der Waals surface area contributed by atoms with Crippen LogP contribution < -0.4 is 5.48 Å². The van der Waals surface area contributed by atoms with Crippen molar-refractivity contribution in [2.24, 2.45) is 0 Å². The second kappa shape index (κ2) is 2.64. The molecule has 0 fully saturated rings. The zero-order chi connectivity index (χ0) is 4.95. The van der Waals surface area contributed by atoms with Crippen LogP contribution in [-0.2, 0) is 4.84 Å². The van der Waals surface area contributed by atoms with Gasteiger partial charge >= 0.3 is 0 Å². The Morgan fingerprint density at radius 3 is 3.71 bits per heavy atom. The number of allylic oxidation sites excluding steroid dienone is 1. The molecule has 2 radical (unpaired) electrons. The minimum absolute atomic E-state index is 0.927. The molecule has 0 amide bonds. The van der Waals surface area contributed by atoms with E-state index >= 15 is 0 Å². The highest BCUT2D eigenvalue weighted by Crippen LogP contribution is 1.96. The largest absolute Gasteiger partial charge is 0.416 e. The van der Waals surface area contributed by atoms with Gasteiger partial charge in [-0.25, -0.2) is 0 Å². The fourth-order valence-corrected chi connectivity index (χ4v) is 0.398. The molecule has 1 aliphatic rings. The van der Waals surface area contributed by atoms with Crippen molar-refractivity contribution in [3.63, 3.8) is 0 Å². The number of rotatable bonds is 0. The summed E-state index contributed by atoms with van der Waals surface area (Å²) in [6.07, 6.45) is 5.52. The molecule has 0 aromatic heterocycles. The molecular formula is C5H7NO. The second-order valence-corrected chi connectivity index (χ2v) is 1.31. The molecule has 0 bridgehead atoms. The van der Waals surface area contributed by atoms with Crippen molar-refractivity contribution >= 4 is 0 Å². The first-order chi connectivity index (χ1) is 3.50. The summed E-state index contributed by atoms with van der Waals surface area (Å²) in [5.74, 6) is 0. The Bertz CT molecular complexity index is 62.5. The maximum atomic E-state index is 4.65. The predicted molar refractivity (Wildman–Crippen MR) is 25.8 cm³/mol. The fraction of sp³-hybridized carbons (Fsp3) is 0.400. The van der Waals surface area contributed by atoms with Gasteiger partial charge in [0.2, 0.25) is 0 Å². The van der Waals surface area contributed by atoms with E-state index < -0.39 is 0 Å². The summed E-state index contributed by atoms with van der Waals surface area (Å²) in [6.45, 7) is 2.81. The van der Waals surface area contributed by atoms with Gasteiger partial charge in [-0.2, -0.15) is 0 Å². The van der Waals surface area contributed by atoms with Crippen molar-refractivity contribution in [3.8, 4) is 0 Å². The summed E-state index contributed by atoms with van der Waals surface area (Å²) in [5, 5.41) is 0. The van der Waals surface area contributed by atoms with Gasteiger partial charge in [0.1, 0.15) is 12.8 Å². The van der Waals surface area contributed by atoms with Gasteiger partial charge in [-0.1, -0.05) is 0 Å². The topological polar surface area (TPSA) is 21.3 Å². The summed E-state index contributed by atoms with van der Waals surface area (Å²) in [4.78, 5) is 4.65. The van der Waals surface area contributed by atoms with E-state index in [1.807, 2.05) is 6.08 Å². The van der Waals surface area contributed by atoms with Crippen molar-refractivity contribution in [2.45, 2.75) is 12.8 Å². The van der Waals surface area contributed by atoms with E-state index in [2.05, 4.69) is 16.9 Å². The van der Waals surface area contributed by atoms with Crippen LogP contribution in [0.4, 0.5) is 0 Å². The monoisotopic (exact) mass is 97.1 g/mol.